The molecule has 1 fully saturated rings. The number of nitrogens with zero attached hydrogens (tertiary/aromatic N) is 5. The summed E-state index contributed by atoms with van der Waals surface area (Å²) in [5, 5.41) is 13.2. The summed E-state index contributed by atoms with van der Waals surface area (Å²) in [6, 6.07) is 1.99. The summed E-state index contributed by atoms with van der Waals surface area (Å²) in [7, 11) is 1.41. The molecule has 0 aromatic carbocycles. The SMILES string of the molecule is COc1ncc(-n2nc(-c3cnn(CC4CCNC(C(C)C)C4)c3)c3c2CCOCC3)cc1F. The smallest absolute Gasteiger partial charge is 0.250 e. The molecule has 3 aromatic heterocycles. The molecule has 1 saturated heterocycles. The first kappa shape index (κ1) is 23.0. The minimum Gasteiger partial charge on any atom is -0.479 e. The molecule has 3 aromatic rings. The number of fused-ring (bicyclic) bond motifs is 1. The van der Waals surface area contributed by atoms with Gasteiger partial charge in [-0.15, -0.1) is 0 Å². The molecule has 9 heteroatoms. The minimum absolute atomic E-state index is 0.0237. The first-order valence-electron chi connectivity index (χ1n) is 12.2. The van der Waals surface area contributed by atoms with Crippen LogP contribution in [0.2, 0.25) is 0 Å². The number of hydrogen-bond acceptors (Lipinski definition) is 6. The molecule has 2 unspecified atom stereocenters. The van der Waals surface area contributed by atoms with E-state index in [-0.39, 0.29) is 5.88 Å². The number of hydrogen-bond donors (Lipinski definition) is 1. The Hall–Kier alpha value is -2.78. The third kappa shape index (κ3) is 4.59. The molecule has 2 aliphatic rings. The number of piperidine rings is 1. The molecule has 0 aliphatic carbocycles. The van der Waals surface area contributed by atoms with Crippen LogP contribution in [0.1, 0.15) is 37.9 Å². The fourth-order valence-corrected chi connectivity index (χ4v) is 5.13. The summed E-state index contributed by atoms with van der Waals surface area (Å²) >= 11 is 0. The Bertz CT molecular complexity index is 1140. The van der Waals surface area contributed by atoms with Crippen LogP contribution in [-0.4, -0.2) is 57.5 Å². The van der Waals surface area contributed by atoms with Crippen LogP contribution < -0.4 is 10.1 Å². The summed E-state index contributed by atoms with van der Waals surface area (Å²) in [6.45, 7) is 7.78. The fraction of sp³-hybridized carbons (Fsp3) is 0.560. The highest BCUT2D eigenvalue weighted by Crippen LogP contribution is 2.31. The van der Waals surface area contributed by atoms with Crippen molar-refractivity contribution in [3.63, 3.8) is 0 Å². The lowest BCUT2D eigenvalue weighted by atomic mass is 9.87. The van der Waals surface area contributed by atoms with E-state index in [1.807, 2.05) is 6.20 Å². The molecule has 34 heavy (non-hydrogen) atoms. The van der Waals surface area contributed by atoms with E-state index >= 15 is 0 Å². The van der Waals surface area contributed by atoms with Crippen molar-refractivity contribution in [3.8, 4) is 22.8 Å². The Kier molecular flexibility index (Phi) is 6.65. The van der Waals surface area contributed by atoms with Gasteiger partial charge in [0.1, 0.15) is 0 Å². The predicted molar refractivity (Wildman–Crippen MR) is 127 cm³/mol. The van der Waals surface area contributed by atoms with E-state index in [0.29, 0.717) is 43.2 Å². The highest BCUT2D eigenvalue weighted by molar-refractivity contribution is 5.64. The zero-order chi connectivity index (χ0) is 23.7. The summed E-state index contributed by atoms with van der Waals surface area (Å²) < 4.78 is 29.0. The van der Waals surface area contributed by atoms with E-state index < -0.39 is 5.82 Å². The van der Waals surface area contributed by atoms with Gasteiger partial charge in [-0.1, -0.05) is 13.8 Å². The van der Waals surface area contributed by atoms with Gasteiger partial charge in [0.05, 0.1) is 49.8 Å². The lowest BCUT2D eigenvalue weighted by Crippen LogP contribution is -2.42. The Morgan fingerprint density at radius 3 is 2.91 bits per heavy atom. The van der Waals surface area contributed by atoms with Gasteiger partial charge in [0.2, 0.25) is 5.88 Å². The van der Waals surface area contributed by atoms with Gasteiger partial charge >= 0.3 is 0 Å². The van der Waals surface area contributed by atoms with Crippen LogP contribution in [0.3, 0.4) is 0 Å². The second-order valence-corrected chi connectivity index (χ2v) is 9.63. The second-order valence-electron chi connectivity index (χ2n) is 9.63. The minimum atomic E-state index is -0.509. The monoisotopic (exact) mass is 468 g/mol. The molecule has 5 rings (SSSR count). The van der Waals surface area contributed by atoms with Crippen LogP contribution in [-0.2, 0) is 24.1 Å². The van der Waals surface area contributed by atoms with Crippen LogP contribution in [0.4, 0.5) is 4.39 Å². The lowest BCUT2D eigenvalue weighted by Gasteiger charge is -2.32. The number of nitrogens with one attached hydrogen (secondary N) is 1. The molecular formula is C25H33FN6O2. The van der Waals surface area contributed by atoms with E-state index in [4.69, 9.17) is 14.6 Å². The third-order valence-electron chi connectivity index (χ3n) is 7.00. The summed E-state index contributed by atoms with van der Waals surface area (Å²) in [5.41, 5.74) is 4.60. The van der Waals surface area contributed by atoms with Gasteiger partial charge in [-0.05, 0) is 37.6 Å². The fourth-order valence-electron chi connectivity index (χ4n) is 5.13. The molecule has 5 heterocycles. The number of rotatable bonds is 6. The number of ether oxygens (including phenoxy) is 2. The predicted octanol–water partition coefficient (Wildman–Crippen LogP) is 3.42. The van der Waals surface area contributed by atoms with Crippen molar-refractivity contribution in [2.24, 2.45) is 11.8 Å². The summed E-state index contributed by atoms with van der Waals surface area (Å²) in [6.07, 6.45) is 9.38. The number of halogens is 1. The van der Waals surface area contributed by atoms with Crippen LogP contribution in [0.5, 0.6) is 5.88 Å². The molecule has 0 bridgehead atoms. The van der Waals surface area contributed by atoms with E-state index in [2.05, 4.69) is 40.1 Å². The molecule has 2 atom stereocenters. The Balaban J connectivity index is 1.44. The van der Waals surface area contributed by atoms with Gasteiger partial charge in [0.15, 0.2) is 5.82 Å². The van der Waals surface area contributed by atoms with Crippen molar-refractivity contribution in [3.05, 3.63) is 41.7 Å². The zero-order valence-corrected chi connectivity index (χ0v) is 20.1. The van der Waals surface area contributed by atoms with Crippen LogP contribution >= 0.6 is 0 Å². The van der Waals surface area contributed by atoms with Gasteiger partial charge in [0.25, 0.3) is 0 Å². The molecule has 8 nitrogen and oxygen atoms in total. The molecule has 0 amide bonds. The Morgan fingerprint density at radius 1 is 1.26 bits per heavy atom. The molecule has 2 aliphatic heterocycles. The van der Waals surface area contributed by atoms with E-state index in [9.17, 15) is 4.39 Å². The van der Waals surface area contributed by atoms with Gasteiger partial charge in [-0.25, -0.2) is 14.1 Å². The van der Waals surface area contributed by atoms with Gasteiger partial charge in [0, 0.05) is 42.4 Å². The molecule has 1 N–H and O–H groups in total. The lowest BCUT2D eigenvalue weighted by molar-refractivity contribution is 0.145. The summed E-state index contributed by atoms with van der Waals surface area (Å²) in [5.74, 6) is 0.710. The zero-order valence-electron chi connectivity index (χ0n) is 20.1. The van der Waals surface area contributed by atoms with Gasteiger partial charge < -0.3 is 14.8 Å². The van der Waals surface area contributed by atoms with Gasteiger partial charge in [-0.3, -0.25) is 4.68 Å². The highest BCUT2D eigenvalue weighted by Gasteiger charge is 2.26. The van der Waals surface area contributed by atoms with E-state index in [1.54, 1.807) is 10.9 Å². The largest absolute Gasteiger partial charge is 0.479 e. The number of aromatic nitrogens is 5. The second kappa shape index (κ2) is 9.84. The first-order valence-corrected chi connectivity index (χ1v) is 12.2. The first-order chi connectivity index (χ1) is 16.5. The molecular weight excluding hydrogens is 435 g/mol. The number of pyridine rings is 1. The van der Waals surface area contributed by atoms with Crippen molar-refractivity contribution < 1.29 is 13.9 Å². The highest BCUT2D eigenvalue weighted by atomic mass is 19.1. The Labute approximate surface area is 199 Å². The molecule has 182 valence electrons. The van der Waals surface area contributed by atoms with E-state index in [0.717, 1.165) is 48.4 Å². The Morgan fingerprint density at radius 2 is 2.12 bits per heavy atom. The maximum absolute atomic E-state index is 14.4. The maximum Gasteiger partial charge on any atom is 0.250 e. The normalized spacial score (nSPS) is 20.9. The van der Waals surface area contributed by atoms with Crippen LogP contribution in [0.25, 0.3) is 16.9 Å². The average molecular weight is 469 g/mol. The molecule has 0 spiro atoms. The topological polar surface area (TPSA) is 79.0 Å². The quantitative estimate of drug-likeness (QED) is 0.597. The van der Waals surface area contributed by atoms with Crippen LogP contribution in [0.15, 0.2) is 24.7 Å². The molecule has 0 radical (unpaired) electrons. The van der Waals surface area contributed by atoms with E-state index in [1.165, 1.54) is 19.6 Å². The van der Waals surface area contributed by atoms with Crippen molar-refractivity contribution in [2.45, 2.75) is 52.1 Å². The molecule has 0 saturated carbocycles. The standard InChI is InChI=1S/C25H33FN6O2/c1-16(2)22-10-17(4-7-27-22)14-31-15-18(12-29-31)24-20-5-8-34-9-6-23(20)32(30-24)19-11-21(26)25(33-3)28-13-19/h11-13,15-17,22,27H,4-10,14H2,1-3H3. The average Bonchev–Trinajstić information content (AvgIpc) is 3.35. The van der Waals surface area contributed by atoms with Crippen molar-refractivity contribution in [1.82, 2.24) is 29.9 Å². The number of methoxy groups -OCH3 is 1. The maximum atomic E-state index is 14.4. The third-order valence-corrected chi connectivity index (χ3v) is 7.00. The summed E-state index contributed by atoms with van der Waals surface area (Å²) in [4.78, 5) is 4.10. The van der Waals surface area contributed by atoms with Crippen LogP contribution in [0, 0.1) is 17.7 Å². The van der Waals surface area contributed by atoms with Gasteiger partial charge in [-0.2, -0.15) is 10.2 Å². The van der Waals surface area contributed by atoms with Crippen molar-refractivity contribution >= 4 is 0 Å². The van der Waals surface area contributed by atoms with Crippen molar-refractivity contribution in [1.29, 1.82) is 0 Å². The van der Waals surface area contributed by atoms with Crippen molar-refractivity contribution in [2.75, 3.05) is 26.9 Å².